The lowest BCUT2D eigenvalue weighted by molar-refractivity contribution is 0.497. The molecule has 1 aromatic rings. The number of alkyl halides is 1. The molecule has 0 saturated heterocycles. The fourth-order valence-electron chi connectivity index (χ4n) is 1.70. The normalized spacial score (nSPS) is 13.3. The molecule has 1 atom stereocenters. The summed E-state index contributed by atoms with van der Waals surface area (Å²) in [7, 11) is -2.10. The molecule has 0 spiro atoms. The van der Waals surface area contributed by atoms with E-state index < -0.39 is 13.9 Å². The monoisotopic (exact) mass is 220 g/mol. The van der Waals surface area contributed by atoms with E-state index in [1.807, 2.05) is 37.4 Å². The summed E-state index contributed by atoms with van der Waals surface area (Å²) in [5.74, 6) is -0.918. The van der Waals surface area contributed by atoms with Gasteiger partial charge in [-0.1, -0.05) is 56.1 Å². The smallest absolute Gasteiger partial charge is 0.125 e. The topological polar surface area (TPSA) is 0 Å². The Bertz CT molecular complexity index is 369. The van der Waals surface area contributed by atoms with Gasteiger partial charge in [-0.05, 0) is 10.8 Å². The molecule has 0 aliphatic heterocycles. The molecule has 15 heavy (non-hydrogen) atoms. The molecule has 1 rings (SSSR count). The third-order valence-electron chi connectivity index (χ3n) is 2.77. The number of hydrogen-bond acceptors (Lipinski definition) is 0. The number of halogens is 1. The Kier molecular flexibility index (Phi) is 3.64. The molecule has 0 N–H and O–H groups in total. The highest BCUT2D eigenvalue weighted by molar-refractivity contribution is 6.91. The van der Waals surface area contributed by atoms with Crippen molar-refractivity contribution in [2.24, 2.45) is 0 Å². The van der Waals surface area contributed by atoms with Crippen LogP contribution >= 0.6 is 0 Å². The van der Waals surface area contributed by atoms with E-state index in [2.05, 4.69) is 13.2 Å². The average molecular weight is 220 g/mol. The summed E-state index contributed by atoms with van der Waals surface area (Å²) >= 11 is 0. The molecule has 0 aromatic heterocycles. The van der Waals surface area contributed by atoms with Crippen molar-refractivity contribution in [1.82, 2.24) is 0 Å². The van der Waals surface area contributed by atoms with Crippen LogP contribution in [-0.2, 0) is 0 Å². The van der Waals surface area contributed by atoms with Crippen molar-refractivity contribution in [2.75, 3.05) is 0 Å². The molecule has 0 aliphatic carbocycles. The molecule has 0 bridgehead atoms. The van der Waals surface area contributed by atoms with Gasteiger partial charge in [-0.2, -0.15) is 0 Å². The van der Waals surface area contributed by atoms with Gasteiger partial charge in [0, 0.05) is 0 Å². The van der Waals surface area contributed by atoms with Crippen LogP contribution in [0.15, 0.2) is 43.5 Å². The molecule has 0 amide bonds. The molecule has 2 heteroatoms. The van der Waals surface area contributed by atoms with Gasteiger partial charge in [0.15, 0.2) is 0 Å². The highest BCUT2D eigenvalue weighted by Crippen LogP contribution is 2.16. The predicted octanol–water partition coefficient (Wildman–Crippen LogP) is 3.31. The molecular weight excluding hydrogens is 203 g/mol. The second-order valence-corrected chi connectivity index (χ2v) is 8.68. The van der Waals surface area contributed by atoms with Crippen LogP contribution in [-0.4, -0.2) is 13.9 Å². The third-order valence-corrected chi connectivity index (χ3v) is 6.23. The lowest BCUT2D eigenvalue weighted by Gasteiger charge is -2.26. The standard InChI is InChI=1S/C13H17FSi/c1-5-11-9-7-8-10-12(11)15(3,4)13(14)6-2/h5-10,13H,1-2H2,3-4H3. The molecule has 1 unspecified atom stereocenters. The number of benzene rings is 1. The van der Waals surface area contributed by atoms with E-state index in [-0.39, 0.29) is 0 Å². The first-order valence-electron chi connectivity index (χ1n) is 5.02. The minimum absolute atomic E-state index is 0.918. The molecule has 0 fully saturated rings. The van der Waals surface area contributed by atoms with Gasteiger partial charge in [0.1, 0.15) is 13.9 Å². The highest BCUT2D eigenvalue weighted by Gasteiger charge is 2.33. The molecular formula is C13H17FSi. The van der Waals surface area contributed by atoms with Gasteiger partial charge < -0.3 is 0 Å². The first-order chi connectivity index (χ1) is 7.04. The van der Waals surface area contributed by atoms with Crippen molar-refractivity contribution in [3.05, 3.63) is 49.1 Å². The van der Waals surface area contributed by atoms with Gasteiger partial charge >= 0.3 is 0 Å². The minimum Gasteiger partial charge on any atom is -0.247 e. The Morgan fingerprint density at radius 2 is 1.87 bits per heavy atom. The van der Waals surface area contributed by atoms with E-state index in [4.69, 9.17) is 0 Å². The van der Waals surface area contributed by atoms with Gasteiger partial charge in [0.2, 0.25) is 0 Å². The Morgan fingerprint density at radius 3 is 2.40 bits per heavy atom. The van der Waals surface area contributed by atoms with Crippen LogP contribution in [0.25, 0.3) is 6.08 Å². The van der Waals surface area contributed by atoms with Crippen molar-refractivity contribution in [2.45, 2.75) is 18.9 Å². The van der Waals surface area contributed by atoms with Gasteiger partial charge in [-0.15, -0.1) is 6.58 Å². The van der Waals surface area contributed by atoms with Crippen LogP contribution in [0.4, 0.5) is 4.39 Å². The third kappa shape index (κ3) is 2.26. The summed E-state index contributed by atoms with van der Waals surface area (Å²) in [6, 6.07) is 7.88. The highest BCUT2D eigenvalue weighted by atomic mass is 28.3. The lowest BCUT2D eigenvalue weighted by atomic mass is 10.2. The average Bonchev–Trinajstić information content (AvgIpc) is 2.27. The number of allylic oxidation sites excluding steroid dienone is 1. The molecule has 0 nitrogen and oxygen atoms in total. The molecule has 0 radical (unpaired) electrons. The van der Waals surface area contributed by atoms with Crippen LogP contribution in [0.1, 0.15) is 5.56 Å². The van der Waals surface area contributed by atoms with Crippen molar-refractivity contribution < 1.29 is 4.39 Å². The maximum atomic E-state index is 13.8. The molecule has 80 valence electrons. The Labute approximate surface area is 92.2 Å². The molecule has 1 aromatic carbocycles. The minimum atomic E-state index is -2.10. The Morgan fingerprint density at radius 1 is 1.27 bits per heavy atom. The van der Waals surface area contributed by atoms with E-state index in [9.17, 15) is 4.39 Å². The maximum absolute atomic E-state index is 13.8. The van der Waals surface area contributed by atoms with E-state index >= 15 is 0 Å². The SMILES string of the molecule is C=Cc1ccccc1[Si](C)(C)C(F)C=C. The van der Waals surface area contributed by atoms with Crippen molar-refractivity contribution in [1.29, 1.82) is 0 Å². The zero-order chi connectivity index (χ0) is 11.5. The summed E-state index contributed by atoms with van der Waals surface area (Å²) in [6.45, 7) is 11.3. The quantitative estimate of drug-likeness (QED) is 0.539. The first-order valence-corrected chi connectivity index (χ1v) is 8.10. The van der Waals surface area contributed by atoms with Crippen LogP contribution in [0.5, 0.6) is 0 Å². The zero-order valence-electron chi connectivity index (χ0n) is 9.33. The van der Waals surface area contributed by atoms with Crippen LogP contribution in [0, 0.1) is 0 Å². The number of rotatable bonds is 4. The molecule has 0 heterocycles. The summed E-state index contributed by atoms with van der Waals surface area (Å²) in [4.78, 5) is 0. The fourth-order valence-corrected chi connectivity index (χ4v) is 4.05. The van der Waals surface area contributed by atoms with Crippen molar-refractivity contribution in [3.63, 3.8) is 0 Å². The van der Waals surface area contributed by atoms with Gasteiger partial charge in [-0.3, -0.25) is 0 Å². The van der Waals surface area contributed by atoms with Crippen LogP contribution in [0.2, 0.25) is 13.1 Å². The molecule has 0 aliphatic rings. The van der Waals surface area contributed by atoms with E-state index in [0.717, 1.165) is 10.8 Å². The predicted molar refractivity (Wildman–Crippen MR) is 68.7 cm³/mol. The molecule has 0 saturated carbocycles. The zero-order valence-corrected chi connectivity index (χ0v) is 10.3. The van der Waals surface area contributed by atoms with E-state index in [1.165, 1.54) is 6.08 Å². The van der Waals surface area contributed by atoms with Gasteiger partial charge in [0.25, 0.3) is 0 Å². The lowest BCUT2D eigenvalue weighted by Crippen LogP contribution is -2.51. The summed E-state index contributed by atoms with van der Waals surface area (Å²) in [6.07, 6.45) is 3.20. The second kappa shape index (κ2) is 4.58. The summed E-state index contributed by atoms with van der Waals surface area (Å²) in [5.41, 5.74) is 1.04. The fraction of sp³-hybridized carbons (Fsp3) is 0.231. The van der Waals surface area contributed by atoms with Crippen molar-refractivity contribution >= 4 is 19.3 Å². The van der Waals surface area contributed by atoms with Crippen LogP contribution in [0.3, 0.4) is 0 Å². The second-order valence-electron chi connectivity index (χ2n) is 4.15. The summed E-state index contributed by atoms with van der Waals surface area (Å²) < 4.78 is 13.8. The Hall–Kier alpha value is -1.15. The van der Waals surface area contributed by atoms with Crippen molar-refractivity contribution in [3.8, 4) is 0 Å². The maximum Gasteiger partial charge on any atom is 0.125 e. The van der Waals surface area contributed by atoms with Crippen LogP contribution < -0.4 is 5.19 Å². The van der Waals surface area contributed by atoms with E-state index in [1.54, 1.807) is 6.08 Å². The van der Waals surface area contributed by atoms with Gasteiger partial charge in [-0.25, -0.2) is 4.39 Å². The Balaban J connectivity index is 3.25. The first kappa shape index (κ1) is 11.9. The summed E-state index contributed by atoms with van der Waals surface area (Å²) in [5, 5.41) is 1.10. The van der Waals surface area contributed by atoms with Gasteiger partial charge in [0.05, 0.1) is 0 Å². The largest absolute Gasteiger partial charge is 0.247 e. The number of hydrogen-bond donors (Lipinski definition) is 0. The van der Waals surface area contributed by atoms with E-state index in [0.29, 0.717) is 0 Å².